The summed E-state index contributed by atoms with van der Waals surface area (Å²) in [6.45, 7) is 3.06. The first-order valence-corrected chi connectivity index (χ1v) is 10.3. The SMILES string of the molecule is O=C(N[C@@H]1C[C@@H](Oc2cccc(F)c2)[C@H](O)[C@H]1N1CCCC1)C1CCOCC1. The second-order valence-electron chi connectivity index (χ2n) is 8.08. The van der Waals surface area contributed by atoms with Crippen molar-refractivity contribution in [2.45, 2.75) is 56.4 Å². The summed E-state index contributed by atoms with van der Waals surface area (Å²) in [4.78, 5) is 15.0. The van der Waals surface area contributed by atoms with Crippen LogP contribution in [0.4, 0.5) is 4.39 Å². The van der Waals surface area contributed by atoms with Crippen molar-refractivity contribution in [2.75, 3.05) is 26.3 Å². The van der Waals surface area contributed by atoms with Gasteiger partial charge in [-0.1, -0.05) is 6.07 Å². The molecule has 154 valence electrons. The summed E-state index contributed by atoms with van der Waals surface area (Å²) < 4.78 is 24.8. The molecule has 1 aromatic carbocycles. The smallest absolute Gasteiger partial charge is 0.223 e. The van der Waals surface area contributed by atoms with Gasteiger partial charge in [0.1, 0.15) is 23.8 Å². The minimum Gasteiger partial charge on any atom is -0.487 e. The fourth-order valence-corrected chi connectivity index (χ4v) is 4.73. The van der Waals surface area contributed by atoms with Gasteiger partial charge in [-0.25, -0.2) is 4.39 Å². The Morgan fingerprint density at radius 1 is 1.25 bits per heavy atom. The summed E-state index contributed by atoms with van der Waals surface area (Å²) in [7, 11) is 0. The quantitative estimate of drug-likeness (QED) is 0.798. The number of carbonyl (C=O) groups is 1. The number of aliphatic hydroxyl groups excluding tert-OH is 1. The summed E-state index contributed by atoms with van der Waals surface area (Å²) in [6.07, 6.45) is 2.96. The molecule has 3 fully saturated rings. The number of hydrogen-bond donors (Lipinski definition) is 2. The van der Waals surface area contributed by atoms with E-state index in [2.05, 4.69) is 10.2 Å². The van der Waals surface area contributed by atoms with Gasteiger partial charge in [0.05, 0.1) is 12.1 Å². The van der Waals surface area contributed by atoms with Crippen LogP contribution < -0.4 is 10.1 Å². The molecule has 1 amide bonds. The number of halogens is 1. The Morgan fingerprint density at radius 2 is 2.00 bits per heavy atom. The fourth-order valence-electron chi connectivity index (χ4n) is 4.73. The van der Waals surface area contributed by atoms with Gasteiger partial charge in [-0.15, -0.1) is 0 Å². The molecule has 0 spiro atoms. The van der Waals surface area contributed by atoms with Gasteiger partial charge in [-0.2, -0.15) is 0 Å². The lowest BCUT2D eigenvalue weighted by Gasteiger charge is -2.33. The molecule has 2 N–H and O–H groups in total. The van der Waals surface area contributed by atoms with E-state index in [0.29, 0.717) is 25.4 Å². The van der Waals surface area contributed by atoms with E-state index in [4.69, 9.17) is 9.47 Å². The summed E-state index contributed by atoms with van der Waals surface area (Å²) in [5.41, 5.74) is 0. The third kappa shape index (κ3) is 4.31. The predicted octanol–water partition coefficient (Wildman–Crippen LogP) is 1.71. The minimum absolute atomic E-state index is 0.0340. The molecule has 0 aromatic heterocycles. The number of benzene rings is 1. The summed E-state index contributed by atoms with van der Waals surface area (Å²) in [5.74, 6) is 0.0375. The Kier molecular flexibility index (Phi) is 6.13. The van der Waals surface area contributed by atoms with Crippen molar-refractivity contribution in [1.29, 1.82) is 0 Å². The normalized spacial score (nSPS) is 31.8. The lowest BCUT2D eigenvalue weighted by atomic mass is 9.98. The largest absolute Gasteiger partial charge is 0.487 e. The van der Waals surface area contributed by atoms with Crippen LogP contribution in [0.1, 0.15) is 32.1 Å². The van der Waals surface area contributed by atoms with Crippen LogP contribution in [0, 0.1) is 11.7 Å². The summed E-state index contributed by atoms with van der Waals surface area (Å²) in [6, 6.07) is 5.61. The summed E-state index contributed by atoms with van der Waals surface area (Å²) in [5, 5.41) is 14.2. The van der Waals surface area contributed by atoms with E-state index in [1.165, 1.54) is 12.1 Å². The average Bonchev–Trinajstić information content (AvgIpc) is 3.31. The second-order valence-corrected chi connectivity index (χ2v) is 8.08. The molecular weight excluding hydrogens is 363 g/mol. The highest BCUT2D eigenvalue weighted by Crippen LogP contribution is 2.32. The van der Waals surface area contributed by atoms with E-state index in [1.54, 1.807) is 12.1 Å². The highest BCUT2D eigenvalue weighted by molar-refractivity contribution is 5.79. The molecule has 2 heterocycles. The van der Waals surface area contributed by atoms with Gasteiger partial charge < -0.3 is 19.9 Å². The first kappa shape index (κ1) is 19.6. The second kappa shape index (κ2) is 8.76. The van der Waals surface area contributed by atoms with Crippen molar-refractivity contribution in [2.24, 2.45) is 5.92 Å². The van der Waals surface area contributed by atoms with Gasteiger partial charge in [0.15, 0.2) is 0 Å². The van der Waals surface area contributed by atoms with Crippen LogP contribution in [0.3, 0.4) is 0 Å². The zero-order valence-corrected chi connectivity index (χ0v) is 16.1. The monoisotopic (exact) mass is 392 g/mol. The minimum atomic E-state index is -0.735. The number of nitrogens with one attached hydrogen (secondary N) is 1. The molecule has 1 saturated carbocycles. The third-order valence-electron chi connectivity index (χ3n) is 6.19. The van der Waals surface area contributed by atoms with Crippen LogP contribution in [0.5, 0.6) is 5.75 Å². The highest BCUT2D eigenvalue weighted by atomic mass is 19.1. The van der Waals surface area contributed by atoms with Crippen molar-refractivity contribution >= 4 is 5.91 Å². The van der Waals surface area contributed by atoms with E-state index in [0.717, 1.165) is 38.8 Å². The van der Waals surface area contributed by atoms with Gasteiger partial charge in [0.25, 0.3) is 0 Å². The molecule has 2 aliphatic heterocycles. The van der Waals surface area contributed by atoms with Crippen LogP contribution in [0.25, 0.3) is 0 Å². The molecule has 0 bridgehead atoms. The number of amides is 1. The van der Waals surface area contributed by atoms with Gasteiger partial charge >= 0.3 is 0 Å². The molecule has 0 unspecified atom stereocenters. The Balaban J connectivity index is 1.47. The van der Waals surface area contributed by atoms with Gasteiger partial charge in [-0.05, 0) is 50.9 Å². The maximum Gasteiger partial charge on any atom is 0.223 e. The van der Waals surface area contributed by atoms with Gasteiger partial charge in [0, 0.05) is 31.6 Å². The van der Waals surface area contributed by atoms with Crippen LogP contribution in [-0.4, -0.2) is 66.5 Å². The third-order valence-corrected chi connectivity index (χ3v) is 6.19. The first-order valence-electron chi connectivity index (χ1n) is 10.3. The fraction of sp³-hybridized carbons (Fsp3) is 0.667. The highest BCUT2D eigenvalue weighted by Gasteiger charge is 2.48. The van der Waals surface area contributed by atoms with Crippen LogP contribution in [0.15, 0.2) is 24.3 Å². The van der Waals surface area contributed by atoms with E-state index in [9.17, 15) is 14.3 Å². The number of carbonyl (C=O) groups excluding carboxylic acids is 1. The zero-order chi connectivity index (χ0) is 19.5. The lowest BCUT2D eigenvalue weighted by Crippen LogP contribution is -2.53. The van der Waals surface area contributed by atoms with Crippen LogP contribution in [0.2, 0.25) is 0 Å². The van der Waals surface area contributed by atoms with Crippen molar-refractivity contribution in [3.05, 3.63) is 30.1 Å². The Bertz CT molecular complexity index is 676. The first-order chi connectivity index (χ1) is 13.6. The number of hydrogen-bond acceptors (Lipinski definition) is 5. The van der Waals surface area contributed by atoms with Crippen molar-refractivity contribution in [3.63, 3.8) is 0 Å². The topological polar surface area (TPSA) is 71.0 Å². The van der Waals surface area contributed by atoms with Crippen molar-refractivity contribution in [1.82, 2.24) is 10.2 Å². The number of nitrogens with zero attached hydrogens (tertiary/aromatic N) is 1. The standard InChI is InChI=1S/C21H29FN2O4/c22-15-4-3-5-16(12-15)28-18-13-17(19(20(18)25)24-8-1-2-9-24)23-21(26)14-6-10-27-11-7-14/h3-5,12,14,17-20,25H,1-2,6-11,13H2,(H,23,26)/t17-,18-,19+,20+/m1/s1. The predicted molar refractivity (Wildman–Crippen MR) is 102 cm³/mol. The maximum absolute atomic E-state index is 13.5. The summed E-state index contributed by atoms with van der Waals surface area (Å²) >= 11 is 0. The Hall–Kier alpha value is -1.70. The molecule has 4 rings (SSSR count). The molecule has 7 heteroatoms. The Morgan fingerprint density at radius 3 is 2.71 bits per heavy atom. The van der Waals surface area contributed by atoms with E-state index in [1.807, 2.05) is 0 Å². The Labute approximate surface area is 165 Å². The van der Waals surface area contributed by atoms with Gasteiger partial charge in [0.2, 0.25) is 5.91 Å². The molecular formula is C21H29FN2O4. The zero-order valence-electron chi connectivity index (χ0n) is 16.1. The van der Waals surface area contributed by atoms with Crippen molar-refractivity contribution < 1.29 is 23.8 Å². The van der Waals surface area contributed by atoms with E-state index < -0.39 is 12.2 Å². The molecule has 2 saturated heterocycles. The lowest BCUT2D eigenvalue weighted by molar-refractivity contribution is -0.129. The number of likely N-dealkylation sites (tertiary alicyclic amines) is 1. The molecule has 4 atom stereocenters. The molecule has 6 nitrogen and oxygen atoms in total. The number of ether oxygens (including phenoxy) is 2. The average molecular weight is 392 g/mol. The molecule has 28 heavy (non-hydrogen) atoms. The van der Waals surface area contributed by atoms with Crippen LogP contribution in [-0.2, 0) is 9.53 Å². The number of rotatable bonds is 5. The van der Waals surface area contributed by atoms with E-state index in [-0.39, 0.29) is 29.7 Å². The van der Waals surface area contributed by atoms with E-state index >= 15 is 0 Å². The number of aliphatic hydroxyl groups is 1. The molecule has 0 radical (unpaired) electrons. The molecule has 1 aliphatic carbocycles. The molecule has 3 aliphatic rings. The molecule has 1 aromatic rings. The maximum atomic E-state index is 13.5. The van der Waals surface area contributed by atoms with Crippen LogP contribution >= 0.6 is 0 Å². The van der Waals surface area contributed by atoms with Crippen molar-refractivity contribution in [3.8, 4) is 5.75 Å². The van der Waals surface area contributed by atoms with Gasteiger partial charge in [-0.3, -0.25) is 9.69 Å².